The lowest BCUT2D eigenvalue weighted by Gasteiger charge is -2.65. The number of rotatable bonds is 1. The van der Waals surface area contributed by atoms with Gasteiger partial charge < -0.3 is 4.74 Å². The second-order valence-electron chi connectivity index (χ2n) is 12.6. The maximum absolute atomic E-state index is 13.2. The van der Waals surface area contributed by atoms with Crippen LogP contribution < -0.4 is 0 Å². The van der Waals surface area contributed by atoms with Crippen LogP contribution in [0.3, 0.4) is 0 Å². The average Bonchev–Trinajstić information content (AvgIpc) is 2.80. The van der Waals surface area contributed by atoms with Gasteiger partial charge in [-0.05, 0) is 90.4 Å². The first-order valence-corrected chi connectivity index (χ1v) is 13.2. The highest BCUT2D eigenvalue weighted by molar-refractivity contribution is 5.78. The van der Waals surface area contributed by atoms with Gasteiger partial charge in [0.05, 0.1) is 24.2 Å². The highest BCUT2D eigenvalue weighted by atomic mass is 16.5. The van der Waals surface area contributed by atoms with Crippen molar-refractivity contribution in [2.75, 3.05) is 7.11 Å². The van der Waals surface area contributed by atoms with Crippen molar-refractivity contribution in [2.24, 2.45) is 51.8 Å². The molecule has 3 heteroatoms. The van der Waals surface area contributed by atoms with Gasteiger partial charge in [-0.3, -0.25) is 4.79 Å². The van der Waals surface area contributed by atoms with E-state index < -0.39 is 0 Å². The van der Waals surface area contributed by atoms with Gasteiger partial charge in [0.25, 0.3) is 0 Å². The van der Waals surface area contributed by atoms with Crippen LogP contribution >= 0.6 is 0 Å². The number of hydrogen-bond donors (Lipinski definition) is 0. The van der Waals surface area contributed by atoms with Crippen LogP contribution in [0.5, 0.6) is 0 Å². The highest BCUT2D eigenvalue weighted by Gasteiger charge is 2.64. The third-order valence-electron chi connectivity index (χ3n) is 11.5. The molecule has 0 spiro atoms. The standard InChI is InChI=1S/C30H41NO2/c1-18-8-7-13-30(27(32)33-6)15-12-24-22(26(18)30)9-10-25-28(24,4)14-11-23-20(3)19(2)21(17-31)16-29(23,25)5/h9,16,18,20,23-26H,2,7-8,10-15H2,1,3-6H3. The number of carbonyl (C=O) groups is 1. The Hall–Kier alpha value is -1.82. The van der Waals surface area contributed by atoms with Gasteiger partial charge in [-0.25, -0.2) is 0 Å². The molecule has 0 bridgehead atoms. The zero-order chi connectivity index (χ0) is 23.8. The molecular formula is C30H41NO2. The Morgan fingerprint density at radius 3 is 2.64 bits per heavy atom. The zero-order valence-corrected chi connectivity index (χ0v) is 21.2. The van der Waals surface area contributed by atoms with Crippen LogP contribution in [0.2, 0.25) is 0 Å². The summed E-state index contributed by atoms with van der Waals surface area (Å²) in [6.07, 6.45) is 13.7. The molecule has 3 nitrogen and oxygen atoms in total. The summed E-state index contributed by atoms with van der Waals surface area (Å²) in [4.78, 5) is 13.2. The largest absolute Gasteiger partial charge is 0.469 e. The summed E-state index contributed by atoms with van der Waals surface area (Å²) in [6.45, 7) is 13.9. The predicted octanol–water partition coefficient (Wildman–Crippen LogP) is 7.02. The number of ether oxygens (including phenoxy) is 1. The van der Waals surface area contributed by atoms with E-state index >= 15 is 0 Å². The lowest BCUT2D eigenvalue weighted by atomic mass is 9.39. The zero-order valence-electron chi connectivity index (χ0n) is 21.2. The van der Waals surface area contributed by atoms with E-state index in [2.05, 4.69) is 52.5 Å². The third kappa shape index (κ3) is 2.88. The first-order valence-electron chi connectivity index (χ1n) is 13.2. The lowest BCUT2D eigenvalue weighted by Crippen LogP contribution is -2.59. The van der Waals surface area contributed by atoms with Crippen molar-refractivity contribution in [3.63, 3.8) is 0 Å². The van der Waals surface area contributed by atoms with Crippen molar-refractivity contribution in [1.82, 2.24) is 0 Å². The molecule has 0 saturated heterocycles. The SMILES string of the molecule is C=C1C(C#N)=CC2(C)C(CCC3(C)C4CCC5(C(=O)OC)CCCC(C)C5C4=CCC23)C1C. The van der Waals surface area contributed by atoms with Gasteiger partial charge in [0, 0.05) is 0 Å². The Balaban J connectivity index is 1.60. The van der Waals surface area contributed by atoms with Crippen molar-refractivity contribution in [1.29, 1.82) is 5.26 Å². The average molecular weight is 448 g/mol. The van der Waals surface area contributed by atoms with Crippen LogP contribution in [0, 0.1) is 63.1 Å². The van der Waals surface area contributed by atoms with Crippen LogP contribution in [0.25, 0.3) is 0 Å². The number of nitrogens with zero attached hydrogens (tertiary/aromatic N) is 1. The molecule has 0 N–H and O–H groups in total. The maximum atomic E-state index is 13.2. The molecule has 33 heavy (non-hydrogen) atoms. The Morgan fingerprint density at radius 1 is 1.18 bits per heavy atom. The number of carbonyl (C=O) groups excluding carboxylic acids is 1. The van der Waals surface area contributed by atoms with Crippen molar-refractivity contribution >= 4 is 5.97 Å². The van der Waals surface area contributed by atoms with Gasteiger partial charge in [-0.15, -0.1) is 0 Å². The number of hydrogen-bond acceptors (Lipinski definition) is 3. The predicted molar refractivity (Wildman–Crippen MR) is 131 cm³/mol. The number of fused-ring (bicyclic) bond motifs is 7. The van der Waals surface area contributed by atoms with Crippen LogP contribution in [0.1, 0.15) is 79.1 Å². The van der Waals surface area contributed by atoms with Crippen molar-refractivity contribution in [3.8, 4) is 6.07 Å². The summed E-state index contributed by atoms with van der Waals surface area (Å²) < 4.78 is 5.43. The van der Waals surface area contributed by atoms with E-state index in [4.69, 9.17) is 4.74 Å². The van der Waals surface area contributed by atoms with Crippen LogP contribution in [0.15, 0.2) is 35.5 Å². The van der Waals surface area contributed by atoms with Crippen molar-refractivity contribution in [3.05, 3.63) is 35.5 Å². The minimum Gasteiger partial charge on any atom is -0.469 e. The topological polar surface area (TPSA) is 50.1 Å². The van der Waals surface area contributed by atoms with Crippen LogP contribution in [0.4, 0.5) is 0 Å². The molecule has 178 valence electrons. The minimum absolute atomic E-state index is 0.0236. The van der Waals surface area contributed by atoms with Crippen molar-refractivity contribution < 1.29 is 9.53 Å². The molecule has 0 heterocycles. The van der Waals surface area contributed by atoms with Crippen LogP contribution in [-0.4, -0.2) is 13.1 Å². The molecule has 9 unspecified atom stereocenters. The number of nitriles is 1. The van der Waals surface area contributed by atoms with Gasteiger partial charge in [-0.1, -0.05) is 64.8 Å². The molecule has 0 aliphatic heterocycles. The number of esters is 1. The fraction of sp³-hybridized carbons (Fsp3) is 0.733. The summed E-state index contributed by atoms with van der Waals surface area (Å²) >= 11 is 0. The molecule has 3 saturated carbocycles. The van der Waals surface area contributed by atoms with Gasteiger partial charge >= 0.3 is 5.97 Å². The molecule has 0 aromatic carbocycles. The Bertz CT molecular complexity index is 984. The smallest absolute Gasteiger partial charge is 0.312 e. The molecule has 5 rings (SSSR count). The number of methoxy groups -OCH3 is 1. The molecule has 0 radical (unpaired) electrons. The highest BCUT2D eigenvalue weighted by Crippen LogP contribution is 2.70. The van der Waals surface area contributed by atoms with Gasteiger partial charge in [0.15, 0.2) is 0 Å². The molecule has 3 fully saturated rings. The van der Waals surface area contributed by atoms with Gasteiger partial charge in [-0.2, -0.15) is 5.26 Å². The second kappa shape index (κ2) is 7.59. The summed E-state index contributed by atoms with van der Waals surface area (Å²) in [5.41, 5.74) is 3.35. The molecule has 0 aromatic heterocycles. The Morgan fingerprint density at radius 2 is 1.94 bits per heavy atom. The first kappa shape index (κ1) is 22.9. The van der Waals surface area contributed by atoms with E-state index in [0.29, 0.717) is 35.5 Å². The molecule has 5 aliphatic rings. The molecule has 0 amide bonds. The molecule has 0 aromatic rings. The maximum Gasteiger partial charge on any atom is 0.312 e. The first-order chi connectivity index (χ1) is 15.6. The molecule has 9 atom stereocenters. The van der Waals surface area contributed by atoms with Crippen molar-refractivity contribution in [2.45, 2.75) is 79.1 Å². The Labute approximate surface area is 200 Å². The number of allylic oxidation sites excluding steroid dienone is 5. The fourth-order valence-electron chi connectivity index (χ4n) is 9.94. The van der Waals surface area contributed by atoms with Gasteiger partial charge in [0.1, 0.15) is 0 Å². The van der Waals surface area contributed by atoms with E-state index in [1.54, 1.807) is 12.7 Å². The van der Waals surface area contributed by atoms with E-state index in [9.17, 15) is 10.1 Å². The second-order valence-corrected chi connectivity index (χ2v) is 12.6. The van der Waals surface area contributed by atoms with Gasteiger partial charge in [0.2, 0.25) is 0 Å². The quantitative estimate of drug-likeness (QED) is 0.321. The lowest BCUT2D eigenvalue weighted by molar-refractivity contribution is -0.166. The summed E-state index contributed by atoms with van der Waals surface area (Å²) in [6, 6.07) is 2.47. The molecular weight excluding hydrogens is 406 g/mol. The third-order valence-corrected chi connectivity index (χ3v) is 11.5. The Kier molecular flexibility index (Phi) is 5.28. The monoisotopic (exact) mass is 447 g/mol. The minimum atomic E-state index is -0.315. The van der Waals surface area contributed by atoms with E-state index in [1.165, 1.54) is 19.3 Å². The summed E-state index contributed by atoms with van der Waals surface area (Å²) in [5.74, 6) is 2.88. The van der Waals surface area contributed by atoms with Crippen LogP contribution in [-0.2, 0) is 9.53 Å². The fourth-order valence-corrected chi connectivity index (χ4v) is 9.94. The summed E-state index contributed by atoms with van der Waals surface area (Å²) in [5, 5.41) is 9.86. The molecule has 5 aliphatic carbocycles. The normalized spacial score (nSPS) is 48.7. The summed E-state index contributed by atoms with van der Waals surface area (Å²) in [7, 11) is 1.57. The van der Waals surface area contributed by atoms with E-state index in [1.807, 2.05) is 0 Å². The van der Waals surface area contributed by atoms with E-state index in [0.717, 1.165) is 43.3 Å². The van der Waals surface area contributed by atoms with E-state index in [-0.39, 0.29) is 22.2 Å².